The Balaban J connectivity index is 1.82. The summed E-state index contributed by atoms with van der Waals surface area (Å²) in [5.41, 5.74) is 0.861. The molecule has 0 saturated carbocycles. The Kier molecular flexibility index (Phi) is 4.72. The van der Waals surface area contributed by atoms with E-state index in [1.165, 1.54) is 23.9 Å². The molecule has 1 aromatic heterocycles. The number of aliphatic imine (C=N–C) groups is 1. The van der Waals surface area contributed by atoms with Crippen LogP contribution in [0.5, 0.6) is 0 Å². The van der Waals surface area contributed by atoms with Crippen LogP contribution in [0, 0.1) is 5.82 Å². The van der Waals surface area contributed by atoms with Gasteiger partial charge in [0.05, 0.1) is 27.5 Å². The first-order chi connectivity index (χ1) is 12.7. The molecular formula is C19H21ClFN3O2S. The minimum atomic E-state index is -0.397. The second-order valence-electron chi connectivity index (χ2n) is 7.60. The molecule has 1 fully saturated rings. The van der Waals surface area contributed by atoms with Crippen LogP contribution in [0.15, 0.2) is 28.0 Å². The molecule has 144 valence electrons. The SMILES string of the molecule is CC1=Nc2c(c(=O)[nH]n2[C@H]2CCOC(C)(C)C2)[C@H](c2ccc(F)cc2Cl)S1. The summed E-state index contributed by atoms with van der Waals surface area (Å²) in [7, 11) is 0. The van der Waals surface area contributed by atoms with Gasteiger partial charge in [0.1, 0.15) is 5.82 Å². The number of hydrogen-bond acceptors (Lipinski definition) is 4. The van der Waals surface area contributed by atoms with Crippen molar-refractivity contribution in [2.24, 2.45) is 4.99 Å². The molecule has 0 spiro atoms. The molecule has 8 heteroatoms. The van der Waals surface area contributed by atoms with Crippen molar-refractivity contribution in [3.05, 3.63) is 50.5 Å². The van der Waals surface area contributed by atoms with E-state index >= 15 is 0 Å². The van der Waals surface area contributed by atoms with E-state index in [1.54, 1.807) is 6.07 Å². The van der Waals surface area contributed by atoms with Gasteiger partial charge < -0.3 is 4.74 Å². The van der Waals surface area contributed by atoms with Crippen molar-refractivity contribution in [1.82, 2.24) is 9.78 Å². The van der Waals surface area contributed by atoms with Gasteiger partial charge in [-0.05, 0) is 51.3 Å². The van der Waals surface area contributed by atoms with Crippen molar-refractivity contribution in [2.45, 2.75) is 50.5 Å². The lowest BCUT2D eigenvalue weighted by Gasteiger charge is -2.36. The highest BCUT2D eigenvalue weighted by molar-refractivity contribution is 8.14. The van der Waals surface area contributed by atoms with Gasteiger partial charge in [-0.3, -0.25) is 14.6 Å². The second-order valence-corrected chi connectivity index (χ2v) is 9.30. The van der Waals surface area contributed by atoms with Crippen molar-refractivity contribution in [3.63, 3.8) is 0 Å². The molecule has 4 rings (SSSR count). The Hall–Kier alpha value is -1.57. The molecule has 5 nitrogen and oxygen atoms in total. The molecular weight excluding hydrogens is 389 g/mol. The van der Waals surface area contributed by atoms with Gasteiger partial charge >= 0.3 is 0 Å². The molecule has 2 aliphatic heterocycles. The third-order valence-electron chi connectivity index (χ3n) is 5.03. The number of thioether (sulfide) groups is 1. The summed E-state index contributed by atoms with van der Waals surface area (Å²) in [6.07, 6.45) is 1.60. The normalized spacial score (nSPS) is 24.4. The van der Waals surface area contributed by atoms with E-state index in [0.717, 1.165) is 17.9 Å². The minimum absolute atomic E-state index is 0.106. The average molecular weight is 410 g/mol. The van der Waals surface area contributed by atoms with E-state index in [4.69, 9.17) is 16.3 Å². The van der Waals surface area contributed by atoms with E-state index in [1.807, 2.05) is 11.6 Å². The molecule has 0 radical (unpaired) electrons. The third kappa shape index (κ3) is 3.48. The molecule has 3 heterocycles. The summed E-state index contributed by atoms with van der Waals surface area (Å²) in [6, 6.07) is 4.40. The molecule has 27 heavy (non-hydrogen) atoms. The van der Waals surface area contributed by atoms with E-state index in [9.17, 15) is 9.18 Å². The summed E-state index contributed by atoms with van der Waals surface area (Å²) < 4.78 is 21.2. The fourth-order valence-electron chi connectivity index (χ4n) is 3.83. The van der Waals surface area contributed by atoms with Crippen LogP contribution in [-0.2, 0) is 4.74 Å². The van der Waals surface area contributed by atoms with Crippen molar-refractivity contribution in [2.75, 3.05) is 6.61 Å². The summed E-state index contributed by atoms with van der Waals surface area (Å²) in [5, 5.41) is 3.82. The maximum Gasteiger partial charge on any atom is 0.271 e. The van der Waals surface area contributed by atoms with Crippen LogP contribution in [0.25, 0.3) is 0 Å². The number of fused-ring (bicyclic) bond motifs is 1. The van der Waals surface area contributed by atoms with Crippen molar-refractivity contribution < 1.29 is 9.13 Å². The Bertz CT molecular complexity index is 982. The predicted octanol–water partition coefficient (Wildman–Crippen LogP) is 4.99. The van der Waals surface area contributed by atoms with Crippen LogP contribution in [0.2, 0.25) is 5.02 Å². The van der Waals surface area contributed by atoms with Crippen LogP contribution in [-0.4, -0.2) is 27.0 Å². The predicted molar refractivity (Wildman–Crippen MR) is 107 cm³/mol. The molecule has 2 aromatic rings. The van der Waals surface area contributed by atoms with Crippen LogP contribution >= 0.6 is 23.4 Å². The lowest BCUT2D eigenvalue weighted by atomic mass is 9.94. The van der Waals surface area contributed by atoms with Gasteiger partial charge in [0.15, 0.2) is 5.82 Å². The molecule has 1 N–H and O–H groups in total. The number of ether oxygens (including phenoxy) is 1. The van der Waals surface area contributed by atoms with E-state index < -0.39 is 5.82 Å². The van der Waals surface area contributed by atoms with Gasteiger partial charge in [0, 0.05) is 11.6 Å². The molecule has 0 unspecified atom stereocenters. The molecule has 1 saturated heterocycles. The number of benzene rings is 1. The Morgan fingerprint density at radius 1 is 1.44 bits per heavy atom. The maximum absolute atomic E-state index is 13.5. The van der Waals surface area contributed by atoms with Crippen molar-refractivity contribution >= 4 is 34.2 Å². The van der Waals surface area contributed by atoms with E-state index in [2.05, 4.69) is 23.9 Å². The van der Waals surface area contributed by atoms with Crippen LogP contribution in [0.1, 0.15) is 56.0 Å². The number of aromatic nitrogens is 2. The molecule has 0 amide bonds. The summed E-state index contributed by atoms with van der Waals surface area (Å²) >= 11 is 7.75. The highest BCUT2D eigenvalue weighted by atomic mass is 35.5. The summed E-state index contributed by atoms with van der Waals surface area (Å²) in [6.45, 7) is 6.66. The van der Waals surface area contributed by atoms with Crippen molar-refractivity contribution in [1.29, 1.82) is 0 Å². The smallest absolute Gasteiger partial charge is 0.271 e. The lowest BCUT2D eigenvalue weighted by Crippen LogP contribution is -2.35. The average Bonchev–Trinajstić information content (AvgIpc) is 2.90. The first-order valence-electron chi connectivity index (χ1n) is 8.90. The molecule has 0 bridgehead atoms. The lowest BCUT2D eigenvalue weighted by molar-refractivity contribution is -0.0705. The zero-order valence-corrected chi connectivity index (χ0v) is 17.0. The van der Waals surface area contributed by atoms with Crippen molar-refractivity contribution in [3.8, 4) is 0 Å². The molecule has 1 aromatic carbocycles. The number of hydrogen-bond donors (Lipinski definition) is 1. The summed E-state index contributed by atoms with van der Waals surface area (Å²) in [5.74, 6) is 0.246. The topological polar surface area (TPSA) is 59.4 Å². The maximum atomic E-state index is 13.5. The zero-order valence-electron chi connectivity index (χ0n) is 15.4. The van der Waals surface area contributed by atoms with Crippen LogP contribution in [0.3, 0.4) is 0 Å². The zero-order chi connectivity index (χ0) is 19.3. The Labute approximate surface area is 165 Å². The monoisotopic (exact) mass is 409 g/mol. The second kappa shape index (κ2) is 6.79. The first kappa shape index (κ1) is 18.8. The highest BCUT2D eigenvalue weighted by Crippen LogP contribution is 2.47. The number of rotatable bonds is 2. The minimum Gasteiger partial charge on any atom is -0.375 e. The highest BCUT2D eigenvalue weighted by Gasteiger charge is 2.36. The first-order valence-corrected chi connectivity index (χ1v) is 10.2. The third-order valence-corrected chi connectivity index (χ3v) is 6.52. The number of nitrogens with zero attached hydrogens (tertiary/aromatic N) is 2. The number of aromatic amines is 1. The fourth-order valence-corrected chi connectivity index (χ4v) is 5.31. The largest absolute Gasteiger partial charge is 0.375 e. The van der Waals surface area contributed by atoms with E-state index in [-0.39, 0.29) is 22.5 Å². The number of halogens is 2. The Morgan fingerprint density at radius 3 is 2.93 bits per heavy atom. The number of H-pyrrole nitrogens is 1. The summed E-state index contributed by atoms with van der Waals surface area (Å²) in [4.78, 5) is 17.5. The van der Waals surface area contributed by atoms with Gasteiger partial charge in [-0.15, -0.1) is 0 Å². The van der Waals surface area contributed by atoms with Gasteiger partial charge in [-0.2, -0.15) is 0 Å². The molecule has 2 atom stereocenters. The van der Waals surface area contributed by atoms with E-state index in [0.29, 0.717) is 28.6 Å². The number of nitrogens with one attached hydrogen (secondary N) is 1. The van der Waals surface area contributed by atoms with Crippen LogP contribution in [0.4, 0.5) is 10.2 Å². The Morgan fingerprint density at radius 2 is 2.22 bits per heavy atom. The van der Waals surface area contributed by atoms with Gasteiger partial charge in [-0.1, -0.05) is 29.4 Å². The van der Waals surface area contributed by atoms with Gasteiger partial charge in [0.2, 0.25) is 0 Å². The molecule has 0 aliphatic carbocycles. The fraction of sp³-hybridized carbons (Fsp3) is 0.474. The molecule has 2 aliphatic rings. The quantitative estimate of drug-likeness (QED) is 0.760. The van der Waals surface area contributed by atoms with Gasteiger partial charge in [0.25, 0.3) is 5.56 Å². The van der Waals surface area contributed by atoms with Crippen LogP contribution < -0.4 is 5.56 Å². The van der Waals surface area contributed by atoms with Gasteiger partial charge in [-0.25, -0.2) is 9.38 Å². The standard InChI is InChI=1S/C19H21ClFN3O2S/c1-10-22-17-15(16(27-10)13-5-4-11(21)8-14(13)20)18(25)23-24(17)12-6-7-26-19(2,3)9-12/h4-5,8,12,16H,6-7,9H2,1-3H3,(H,23,25)/t12-,16-/m0/s1.